The highest BCUT2D eigenvalue weighted by Crippen LogP contribution is 2.35. The number of hydrogen-bond acceptors (Lipinski definition) is 2. The second kappa shape index (κ2) is 5.68. The lowest BCUT2D eigenvalue weighted by atomic mass is 10.1. The van der Waals surface area contributed by atoms with E-state index in [0.29, 0.717) is 0 Å². The summed E-state index contributed by atoms with van der Waals surface area (Å²) in [6.45, 7) is 3.27. The minimum Gasteiger partial charge on any atom is -0.364 e. The molecule has 2 aromatic rings. The zero-order valence-electron chi connectivity index (χ0n) is 11.1. The Morgan fingerprint density at radius 3 is 2.68 bits per heavy atom. The lowest BCUT2D eigenvalue weighted by Crippen LogP contribution is -2.25. The van der Waals surface area contributed by atoms with Crippen molar-refractivity contribution in [1.82, 2.24) is 0 Å². The molecule has 0 radical (unpaired) electrons. The van der Waals surface area contributed by atoms with Crippen LogP contribution in [0.3, 0.4) is 0 Å². The fourth-order valence-corrected chi connectivity index (χ4v) is 3.51. The quantitative estimate of drug-likeness (QED) is 0.685. The van der Waals surface area contributed by atoms with Crippen LogP contribution in [0.5, 0.6) is 0 Å². The minimum atomic E-state index is 0.744. The van der Waals surface area contributed by atoms with Crippen LogP contribution in [0.25, 0.3) is 0 Å². The van der Waals surface area contributed by atoms with Gasteiger partial charge < -0.3 is 4.90 Å². The highest BCUT2D eigenvalue weighted by atomic mass is 79.9. The molecule has 0 atom stereocenters. The summed E-state index contributed by atoms with van der Waals surface area (Å²) in [5.41, 5.74) is 5.57. The summed E-state index contributed by atoms with van der Waals surface area (Å²) in [6.07, 6.45) is 2.67. The van der Waals surface area contributed by atoms with Gasteiger partial charge in [0.1, 0.15) is 0 Å². The van der Waals surface area contributed by atoms with E-state index < -0.39 is 0 Å². The third kappa shape index (κ3) is 3.03. The highest BCUT2D eigenvalue weighted by Gasteiger charge is 2.30. The number of benzene rings is 1. The van der Waals surface area contributed by atoms with Crippen molar-refractivity contribution in [2.75, 3.05) is 4.90 Å². The molecule has 1 aliphatic carbocycles. The van der Waals surface area contributed by atoms with Crippen molar-refractivity contribution in [1.29, 1.82) is 0 Å². The number of aryl methyl sites for hydroxylation is 1. The zero-order chi connectivity index (χ0) is 13.2. The molecule has 0 saturated heterocycles. The molecule has 1 aromatic carbocycles. The monoisotopic (exact) mass is 335 g/mol. The standard InChI is InChI=1S/C16H18BrNS/c1-12-8-13(9-17)2-5-16(12)18(15-3-4-15)10-14-6-7-19-11-14/h2,5-8,11,15H,3-4,9-10H2,1H3. The number of hydrogen-bond donors (Lipinski definition) is 0. The molecule has 3 rings (SSSR count). The summed E-state index contributed by atoms with van der Waals surface area (Å²) in [5, 5.41) is 5.36. The summed E-state index contributed by atoms with van der Waals surface area (Å²) >= 11 is 5.32. The molecular weight excluding hydrogens is 318 g/mol. The Balaban J connectivity index is 1.87. The summed E-state index contributed by atoms with van der Waals surface area (Å²) in [7, 11) is 0. The van der Waals surface area contributed by atoms with Gasteiger partial charge in [0.2, 0.25) is 0 Å². The molecule has 3 heteroatoms. The van der Waals surface area contributed by atoms with Gasteiger partial charge in [-0.05, 0) is 59.3 Å². The first kappa shape index (κ1) is 13.2. The number of nitrogens with zero attached hydrogens (tertiary/aromatic N) is 1. The van der Waals surface area contributed by atoms with Gasteiger partial charge in [0, 0.05) is 23.6 Å². The second-order valence-corrected chi connectivity index (χ2v) is 6.59. The van der Waals surface area contributed by atoms with E-state index in [1.165, 1.54) is 35.2 Å². The van der Waals surface area contributed by atoms with Crippen LogP contribution in [0.15, 0.2) is 35.0 Å². The van der Waals surface area contributed by atoms with Gasteiger partial charge in [-0.1, -0.05) is 28.1 Å². The molecule has 1 fully saturated rings. The zero-order valence-corrected chi connectivity index (χ0v) is 13.5. The SMILES string of the molecule is Cc1cc(CBr)ccc1N(Cc1ccsc1)C1CC1. The molecule has 0 aliphatic heterocycles. The molecule has 1 saturated carbocycles. The van der Waals surface area contributed by atoms with Crippen LogP contribution < -0.4 is 4.90 Å². The van der Waals surface area contributed by atoms with Crippen LogP contribution >= 0.6 is 27.3 Å². The fourth-order valence-electron chi connectivity index (χ4n) is 2.50. The van der Waals surface area contributed by atoms with Crippen LogP contribution in [-0.2, 0) is 11.9 Å². The maximum atomic E-state index is 3.53. The summed E-state index contributed by atoms with van der Waals surface area (Å²) in [4.78, 5) is 2.58. The number of thiophene rings is 1. The number of alkyl halides is 1. The lowest BCUT2D eigenvalue weighted by molar-refractivity contribution is 0.793. The van der Waals surface area contributed by atoms with E-state index in [1.807, 2.05) is 0 Å². The predicted octanol–water partition coefficient (Wildman–Crippen LogP) is 5.12. The number of anilines is 1. The van der Waals surface area contributed by atoms with Gasteiger partial charge in [-0.15, -0.1) is 0 Å². The summed E-state index contributed by atoms with van der Waals surface area (Å²) in [6, 6.07) is 9.81. The third-order valence-electron chi connectivity index (χ3n) is 3.65. The molecule has 0 unspecified atom stereocenters. The minimum absolute atomic E-state index is 0.744. The molecule has 19 heavy (non-hydrogen) atoms. The highest BCUT2D eigenvalue weighted by molar-refractivity contribution is 9.08. The average molecular weight is 336 g/mol. The van der Waals surface area contributed by atoms with Gasteiger partial charge in [0.15, 0.2) is 0 Å². The largest absolute Gasteiger partial charge is 0.364 e. The van der Waals surface area contributed by atoms with E-state index >= 15 is 0 Å². The Morgan fingerprint density at radius 2 is 2.11 bits per heavy atom. The molecule has 1 heterocycles. The maximum Gasteiger partial charge on any atom is 0.0440 e. The predicted molar refractivity (Wildman–Crippen MR) is 87.3 cm³/mol. The first-order valence-electron chi connectivity index (χ1n) is 6.71. The normalized spacial score (nSPS) is 14.6. The van der Waals surface area contributed by atoms with E-state index in [1.54, 1.807) is 11.3 Å². The average Bonchev–Trinajstić information content (AvgIpc) is 3.14. The molecule has 0 N–H and O–H groups in total. The van der Waals surface area contributed by atoms with Crippen molar-refractivity contribution >= 4 is 33.0 Å². The molecule has 0 bridgehead atoms. The lowest BCUT2D eigenvalue weighted by Gasteiger charge is -2.26. The van der Waals surface area contributed by atoms with Crippen molar-refractivity contribution in [3.63, 3.8) is 0 Å². The van der Waals surface area contributed by atoms with Crippen molar-refractivity contribution in [2.24, 2.45) is 0 Å². The van der Waals surface area contributed by atoms with Crippen molar-refractivity contribution < 1.29 is 0 Å². The molecule has 1 aromatic heterocycles. The van der Waals surface area contributed by atoms with E-state index in [-0.39, 0.29) is 0 Å². The van der Waals surface area contributed by atoms with Gasteiger partial charge in [-0.2, -0.15) is 11.3 Å². The molecule has 1 aliphatic rings. The van der Waals surface area contributed by atoms with Crippen molar-refractivity contribution in [3.8, 4) is 0 Å². The van der Waals surface area contributed by atoms with Gasteiger partial charge in [-0.25, -0.2) is 0 Å². The molecule has 100 valence electrons. The topological polar surface area (TPSA) is 3.24 Å². The Bertz CT molecular complexity index is 546. The van der Waals surface area contributed by atoms with Crippen molar-refractivity contribution in [2.45, 2.75) is 37.7 Å². The Kier molecular flexibility index (Phi) is 3.94. The van der Waals surface area contributed by atoms with Gasteiger partial charge in [0.05, 0.1) is 0 Å². The van der Waals surface area contributed by atoms with E-state index in [0.717, 1.165) is 17.9 Å². The van der Waals surface area contributed by atoms with Crippen LogP contribution in [-0.4, -0.2) is 6.04 Å². The second-order valence-electron chi connectivity index (χ2n) is 5.25. The first-order valence-corrected chi connectivity index (χ1v) is 8.77. The Morgan fingerprint density at radius 1 is 1.26 bits per heavy atom. The first-order chi connectivity index (χ1) is 9.28. The maximum absolute atomic E-state index is 3.53. The smallest absolute Gasteiger partial charge is 0.0440 e. The van der Waals surface area contributed by atoms with Crippen LogP contribution in [0.4, 0.5) is 5.69 Å². The molecule has 0 spiro atoms. The Labute approximate surface area is 127 Å². The molecule has 0 amide bonds. The van der Waals surface area contributed by atoms with Crippen molar-refractivity contribution in [3.05, 3.63) is 51.7 Å². The summed E-state index contributed by atoms with van der Waals surface area (Å²) in [5.74, 6) is 0. The van der Waals surface area contributed by atoms with E-state index in [4.69, 9.17) is 0 Å². The van der Waals surface area contributed by atoms with Crippen LogP contribution in [0, 0.1) is 6.92 Å². The number of rotatable bonds is 5. The van der Waals surface area contributed by atoms with Crippen LogP contribution in [0.2, 0.25) is 0 Å². The molecule has 1 nitrogen and oxygen atoms in total. The van der Waals surface area contributed by atoms with Gasteiger partial charge >= 0.3 is 0 Å². The van der Waals surface area contributed by atoms with E-state index in [2.05, 4.69) is 62.8 Å². The van der Waals surface area contributed by atoms with E-state index in [9.17, 15) is 0 Å². The van der Waals surface area contributed by atoms with Gasteiger partial charge in [0.25, 0.3) is 0 Å². The Hall–Kier alpha value is -0.800. The summed E-state index contributed by atoms with van der Waals surface area (Å²) < 4.78 is 0. The van der Waals surface area contributed by atoms with Crippen LogP contribution in [0.1, 0.15) is 29.5 Å². The number of halogens is 1. The third-order valence-corrected chi connectivity index (χ3v) is 5.03. The molecular formula is C16H18BrNS. The fraction of sp³-hybridized carbons (Fsp3) is 0.375. The van der Waals surface area contributed by atoms with Gasteiger partial charge in [-0.3, -0.25) is 0 Å².